The van der Waals surface area contributed by atoms with Crippen LogP contribution in [0.25, 0.3) is 0 Å². The van der Waals surface area contributed by atoms with Crippen molar-refractivity contribution in [3.05, 3.63) is 76.7 Å². The van der Waals surface area contributed by atoms with E-state index in [0.717, 1.165) is 23.4 Å². The zero-order valence-corrected chi connectivity index (χ0v) is 16.4. The van der Waals surface area contributed by atoms with Gasteiger partial charge in [-0.1, -0.05) is 30.3 Å². The third-order valence-corrected chi connectivity index (χ3v) is 5.15. The van der Waals surface area contributed by atoms with E-state index in [2.05, 4.69) is 9.73 Å². The molecule has 1 N–H and O–H groups in total. The van der Waals surface area contributed by atoms with Crippen LogP contribution in [-0.2, 0) is 20.7 Å². The second-order valence-electron chi connectivity index (χ2n) is 6.07. The molecule has 1 amide bonds. The highest BCUT2D eigenvalue weighted by Gasteiger charge is 2.33. The number of methoxy groups -OCH3 is 1. The van der Waals surface area contributed by atoms with Gasteiger partial charge in [-0.15, -0.1) is 0 Å². The van der Waals surface area contributed by atoms with Crippen molar-refractivity contribution in [2.45, 2.75) is 6.42 Å². The molecule has 2 aromatic carbocycles. The molecule has 1 aliphatic rings. The Hall–Kier alpha value is -3.39. The Bertz CT molecular complexity index is 984. The molecule has 1 aliphatic heterocycles. The number of amidine groups is 1. The lowest BCUT2D eigenvalue weighted by atomic mass is 10.1. The standard InChI is InChI=1S/C21H18N2O5S/c1-28-18(24)13-17-19(25)23(12-11-14-5-3-2-4-6-14)21(29-17)22-16-9-7-15(8-10-16)20(26)27/h2-10,13H,11-12H2,1H3,(H,26,27)/b17-13-,22-21?. The normalized spacial score (nSPS) is 16.4. The molecule has 1 saturated heterocycles. The van der Waals surface area contributed by atoms with Crippen molar-refractivity contribution in [3.63, 3.8) is 0 Å². The second-order valence-corrected chi connectivity index (χ2v) is 7.08. The predicted molar refractivity (Wildman–Crippen MR) is 110 cm³/mol. The molecule has 7 nitrogen and oxygen atoms in total. The van der Waals surface area contributed by atoms with E-state index in [1.165, 1.54) is 24.1 Å². The Labute approximate surface area is 171 Å². The lowest BCUT2D eigenvalue weighted by Crippen LogP contribution is -2.31. The Balaban J connectivity index is 1.87. The molecule has 0 aromatic heterocycles. The number of rotatable bonds is 6. The zero-order chi connectivity index (χ0) is 20.8. The molecule has 8 heteroatoms. The number of thioether (sulfide) groups is 1. The molecule has 1 fully saturated rings. The average Bonchev–Trinajstić information content (AvgIpc) is 3.01. The summed E-state index contributed by atoms with van der Waals surface area (Å²) in [5.74, 6) is -1.96. The summed E-state index contributed by atoms with van der Waals surface area (Å²) in [5, 5.41) is 9.43. The summed E-state index contributed by atoms with van der Waals surface area (Å²) in [6, 6.07) is 15.8. The highest BCUT2D eigenvalue weighted by molar-refractivity contribution is 8.18. The maximum Gasteiger partial charge on any atom is 0.335 e. The number of benzene rings is 2. The molecule has 148 valence electrons. The van der Waals surface area contributed by atoms with Crippen molar-refractivity contribution >= 4 is 40.5 Å². The van der Waals surface area contributed by atoms with E-state index in [1.54, 1.807) is 12.1 Å². The summed E-state index contributed by atoms with van der Waals surface area (Å²) in [6.07, 6.45) is 1.77. The van der Waals surface area contributed by atoms with E-state index >= 15 is 0 Å². The van der Waals surface area contributed by atoms with Gasteiger partial charge >= 0.3 is 11.9 Å². The predicted octanol–water partition coefficient (Wildman–Crippen LogP) is 3.25. The minimum Gasteiger partial charge on any atom is -0.478 e. The van der Waals surface area contributed by atoms with Crippen LogP contribution in [0.5, 0.6) is 0 Å². The molecule has 0 radical (unpaired) electrons. The summed E-state index contributed by atoms with van der Waals surface area (Å²) in [6.45, 7) is 0.389. The third-order valence-electron chi connectivity index (χ3n) is 4.14. The van der Waals surface area contributed by atoms with Crippen LogP contribution in [0.15, 0.2) is 70.6 Å². The molecular weight excluding hydrogens is 392 g/mol. The van der Waals surface area contributed by atoms with Gasteiger partial charge < -0.3 is 9.84 Å². The Morgan fingerprint density at radius 1 is 1.14 bits per heavy atom. The zero-order valence-electron chi connectivity index (χ0n) is 15.6. The molecule has 0 atom stereocenters. The minimum absolute atomic E-state index is 0.149. The number of hydrogen-bond donors (Lipinski definition) is 1. The van der Waals surface area contributed by atoms with Crippen LogP contribution in [0.4, 0.5) is 5.69 Å². The lowest BCUT2D eigenvalue weighted by molar-refractivity contribution is -0.135. The monoisotopic (exact) mass is 410 g/mol. The van der Waals surface area contributed by atoms with Crippen LogP contribution in [0.1, 0.15) is 15.9 Å². The molecule has 0 spiro atoms. The van der Waals surface area contributed by atoms with Gasteiger partial charge in [0.05, 0.1) is 23.3 Å². The van der Waals surface area contributed by atoms with Gasteiger partial charge in [-0.2, -0.15) is 0 Å². The van der Waals surface area contributed by atoms with Crippen LogP contribution in [0.2, 0.25) is 0 Å². The number of hydrogen-bond acceptors (Lipinski definition) is 6. The van der Waals surface area contributed by atoms with Crippen LogP contribution in [0.3, 0.4) is 0 Å². The number of carbonyl (C=O) groups excluding carboxylic acids is 2. The fourth-order valence-electron chi connectivity index (χ4n) is 2.63. The van der Waals surface area contributed by atoms with Gasteiger partial charge in [-0.3, -0.25) is 9.69 Å². The van der Waals surface area contributed by atoms with E-state index in [0.29, 0.717) is 23.8 Å². The summed E-state index contributed by atoms with van der Waals surface area (Å²) >= 11 is 1.08. The Morgan fingerprint density at radius 3 is 2.45 bits per heavy atom. The van der Waals surface area contributed by atoms with Crippen molar-refractivity contribution < 1.29 is 24.2 Å². The largest absolute Gasteiger partial charge is 0.478 e. The van der Waals surface area contributed by atoms with Crippen molar-refractivity contribution in [3.8, 4) is 0 Å². The van der Waals surface area contributed by atoms with E-state index in [-0.39, 0.29) is 16.4 Å². The fourth-order valence-corrected chi connectivity index (χ4v) is 3.61. The number of aliphatic imine (C=N–C) groups is 1. The summed E-state index contributed by atoms with van der Waals surface area (Å²) in [7, 11) is 1.25. The van der Waals surface area contributed by atoms with E-state index in [9.17, 15) is 14.4 Å². The Kier molecular flexibility index (Phi) is 6.46. The van der Waals surface area contributed by atoms with Crippen molar-refractivity contribution in [2.75, 3.05) is 13.7 Å². The topological polar surface area (TPSA) is 96.3 Å². The quantitative estimate of drug-likeness (QED) is 0.580. The van der Waals surface area contributed by atoms with Gasteiger partial charge in [0.25, 0.3) is 5.91 Å². The number of carboxylic acids is 1. The number of carbonyl (C=O) groups is 3. The number of nitrogens with zero attached hydrogens (tertiary/aromatic N) is 2. The maximum atomic E-state index is 12.8. The summed E-state index contributed by atoms with van der Waals surface area (Å²) in [4.78, 5) is 41.6. The smallest absolute Gasteiger partial charge is 0.335 e. The van der Waals surface area contributed by atoms with Crippen molar-refractivity contribution in [1.29, 1.82) is 0 Å². The number of amides is 1. The first-order chi connectivity index (χ1) is 14.0. The highest BCUT2D eigenvalue weighted by atomic mass is 32.2. The van der Waals surface area contributed by atoms with Gasteiger partial charge in [-0.05, 0) is 48.0 Å². The average molecular weight is 410 g/mol. The SMILES string of the molecule is COC(=O)/C=C1\SC(=Nc2ccc(C(=O)O)cc2)N(CCc2ccccc2)C1=O. The van der Waals surface area contributed by atoms with Crippen LogP contribution < -0.4 is 0 Å². The van der Waals surface area contributed by atoms with Gasteiger partial charge in [0.15, 0.2) is 5.17 Å². The first-order valence-electron chi connectivity index (χ1n) is 8.73. The molecule has 0 bridgehead atoms. The number of ether oxygens (including phenoxy) is 1. The molecule has 0 saturated carbocycles. The molecular formula is C21H18N2O5S. The maximum absolute atomic E-state index is 12.8. The molecule has 3 rings (SSSR count). The number of esters is 1. The minimum atomic E-state index is -1.03. The van der Waals surface area contributed by atoms with Gasteiger partial charge in [0.2, 0.25) is 0 Å². The molecule has 0 unspecified atom stereocenters. The van der Waals surface area contributed by atoms with Crippen molar-refractivity contribution in [1.82, 2.24) is 4.90 Å². The molecule has 1 heterocycles. The van der Waals surface area contributed by atoms with Crippen LogP contribution in [0, 0.1) is 0 Å². The van der Waals surface area contributed by atoms with Crippen molar-refractivity contribution in [2.24, 2.45) is 4.99 Å². The van der Waals surface area contributed by atoms with Crippen LogP contribution >= 0.6 is 11.8 Å². The first kappa shape index (κ1) is 20.3. The number of carboxylic acid groups (broad SMARTS) is 1. The van der Waals surface area contributed by atoms with Crippen LogP contribution in [-0.4, -0.2) is 46.7 Å². The van der Waals surface area contributed by atoms with Gasteiger partial charge in [-0.25, -0.2) is 14.6 Å². The first-order valence-corrected chi connectivity index (χ1v) is 9.55. The Morgan fingerprint density at radius 2 is 1.83 bits per heavy atom. The molecule has 0 aliphatic carbocycles. The van der Waals surface area contributed by atoms with E-state index in [4.69, 9.17) is 5.11 Å². The van der Waals surface area contributed by atoms with Gasteiger partial charge in [0.1, 0.15) is 0 Å². The van der Waals surface area contributed by atoms with Gasteiger partial charge in [0, 0.05) is 12.6 Å². The fraction of sp³-hybridized carbons (Fsp3) is 0.143. The highest BCUT2D eigenvalue weighted by Crippen LogP contribution is 2.33. The van der Waals surface area contributed by atoms with E-state index in [1.807, 2.05) is 30.3 Å². The third kappa shape index (κ3) is 5.11. The lowest BCUT2D eigenvalue weighted by Gasteiger charge is -2.15. The van der Waals surface area contributed by atoms with E-state index < -0.39 is 11.9 Å². The molecule has 29 heavy (non-hydrogen) atoms. The summed E-state index contributed by atoms with van der Waals surface area (Å²) < 4.78 is 4.62. The second kappa shape index (κ2) is 9.20. The molecule has 2 aromatic rings. The summed E-state index contributed by atoms with van der Waals surface area (Å²) in [5.41, 5.74) is 1.73. The number of aromatic carboxylic acids is 1.